The van der Waals surface area contributed by atoms with Gasteiger partial charge in [-0.05, 0) is 38.0 Å². The normalized spacial score (nSPS) is 29.5. The van der Waals surface area contributed by atoms with Gasteiger partial charge in [-0.25, -0.2) is 9.78 Å². The minimum absolute atomic E-state index is 0.00898. The zero-order chi connectivity index (χ0) is 18.2. The molecule has 0 unspecified atom stereocenters. The summed E-state index contributed by atoms with van der Waals surface area (Å²) in [5.74, 6) is 0.0697. The van der Waals surface area contributed by atoms with Crippen LogP contribution in [0.4, 0.5) is 0 Å². The Morgan fingerprint density at radius 1 is 1.38 bits per heavy atom. The molecule has 4 nitrogen and oxygen atoms in total. The van der Waals surface area contributed by atoms with Gasteiger partial charge in [0.1, 0.15) is 11.7 Å². The second kappa shape index (κ2) is 10.2. The lowest BCUT2D eigenvalue weighted by molar-refractivity contribution is -0.409. The molecule has 24 heavy (non-hydrogen) atoms. The van der Waals surface area contributed by atoms with Gasteiger partial charge in [-0.15, -0.1) is 0 Å². The molecular formula is C20H36O4. The van der Waals surface area contributed by atoms with Crippen LogP contribution >= 0.6 is 0 Å². The summed E-state index contributed by atoms with van der Waals surface area (Å²) in [5.41, 5.74) is 0.931. The number of carbonyl (C=O) groups is 1. The van der Waals surface area contributed by atoms with Crippen molar-refractivity contribution in [1.29, 1.82) is 0 Å². The molecule has 0 radical (unpaired) electrons. The minimum Gasteiger partial charge on any atom is -0.481 e. The van der Waals surface area contributed by atoms with E-state index in [4.69, 9.17) is 14.9 Å². The SMILES string of the molecule is CCCC[C@H](C)C/C(C)=C/[C@]1(CC)C[C@@H](CC)[C@@H](CC(=O)O)OO1. The number of hydrogen-bond acceptors (Lipinski definition) is 3. The molecule has 0 aromatic heterocycles. The minimum atomic E-state index is -0.831. The molecule has 1 heterocycles. The largest absolute Gasteiger partial charge is 0.481 e. The Bertz CT molecular complexity index is 418. The molecule has 1 saturated heterocycles. The second-order valence-electron chi connectivity index (χ2n) is 7.55. The molecule has 1 fully saturated rings. The van der Waals surface area contributed by atoms with Crippen LogP contribution in [0, 0.1) is 11.8 Å². The van der Waals surface area contributed by atoms with Crippen LogP contribution in [0.1, 0.15) is 86.0 Å². The Labute approximate surface area is 147 Å². The van der Waals surface area contributed by atoms with Crippen molar-refractivity contribution in [3.63, 3.8) is 0 Å². The van der Waals surface area contributed by atoms with E-state index >= 15 is 0 Å². The van der Waals surface area contributed by atoms with E-state index in [-0.39, 0.29) is 18.4 Å². The zero-order valence-corrected chi connectivity index (χ0v) is 16.1. The predicted octanol–water partition coefficient (Wildman–Crippen LogP) is 5.52. The molecule has 4 atom stereocenters. The average molecular weight is 341 g/mol. The Morgan fingerprint density at radius 3 is 2.62 bits per heavy atom. The molecular weight excluding hydrogens is 304 g/mol. The van der Waals surface area contributed by atoms with Crippen LogP contribution in [0.2, 0.25) is 0 Å². The van der Waals surface area contributed by atoms with Gasteiger partial charge < -0.3 is 5.11 Å². The van der Waals surface area contributed by atoms with Crippen LogP contribution in [-0.4, -0.2) is 22.8 Å². The quantitative estimate of drug-likeness (QED) is 0.420. The van der Waals surface area contributed by atoms with Crippen molar-refractivity contribution in [2.24, 2.45) is 11.8 Å². The van der Waals surface area contributed by atoms with E-state index < -0.39 is 11.6 Å². The Hall–Kier alpha value is -0.870. The van der Waals surface area contributed by atoms with Gasteiger partial charge >= 0.3 is 5.97 Å². The highest BCUT2D eigenvalue weighted by Crippen LogP contribution is 2.39. The second-order valence-corrected chi connectivity index (χ2v) is 7.55. The molecule has 1 N–H and O–H groups in total. The maximum absolute atomic E-state index is 11.0. The van der Waals surface area contributed by atoms with E-state index in [1.165, 1.54) is 24.8 Å². The fourth-order valence-corrected chi connectivity index (χ4v) is 3.73. The fourth-order valence-electron chi connectivity index (χ4n) is 3.73. The fraction of sp³-hybridized carbons (Fsp3) is 0.850. The Balaban J connectivity index is 2.75. The summed E-state index contributed by atoms with van der Waals surface area (Å²) in [4.78, 5) is 22.3. The van der Waals surface area contributed by atoms with Crippen LogP contribution in [-0.2, 0) is 14.6 Å². The predicted molar refractivity (Wildman–Crippen MR) is 96.7 cm³/mol. The van der Waals surface area contributed by atoms with E-state index in [0.717, 1.165) is 25.7 Å². The van der Waals surface area contributed by atoms with Crippen molar-refractivity contribution in [2.45, 2.75) is 97.7 Å². The van der Waals surface area contributed by atoms with Crippen molar-refractivity contribution in [2.75, 3.05) is 0 Å². The maximum Gasteiger partial charge on any atom is 0.306 e. The molecule has 1 aliphatic heterocycles. The lowest BCUT2D eigenvalue weighted by atomic mass is 9.80. The van der Waals surface area contributed by atoms with Crippen molar-refractivity contribution in [1.82, 2.24) is 0 Å². The van der Waals surface area contributed by atoms with E-state index in [1.807, 2.05) is 0 Å². The highest BCUT2D eigenvalue weighted by molar-refractivity contribution is 5.67. The highest BCUT2D eigenvalue weighted by Gasteiger charge is 2.41. The van der Waals surface area contributed by atoms with Crippen molar-refractivity contribution in [3.05, 3.63) is 11.6 Å². The van der Waals surface area contributed by atoms with Gasteiger partial charge in [0.05, 0.1) is 6.42 Å². The Morgan fingerprint density at radius 2 is 2.08 bits per heavy atom. The third kappa shape index (κ3) is 6.56. The molecule has 0 aromatic rings. The van der Waals surface area contributed by atoms with Gasteiger partial charge in [0.15, 0.2) is 0 Å². The van der Waals surface area contributed by atoms with E-state index in [9.17, 15) is 4.79 Å². The number of carboxylic acids is 1. The summed E-state index contributed by atoms with van der Waals surface area (Å²) in [5, 5.41) is 9.03. The zero-order valence-electron chi connectivity index (χ0n) is 16.1. The van der Waals surface area contributed by atoms with Gasteiger partial charge in [0.25, 0.3) is 0 Å². The van der Waals surface area contributed by atoms with Crippen LogP contribution < -0.4 is 0 Å². The summed E-state index contributed by atoms with van der Waals surface area (Å²) in [6.45, 7) is 10.9. The van der Waals surface area contributed by atoms with Crippen LogP contribution in [0.3, 0.4) is 0 Å². The van der Waals surface area contributed by atoms with Gasteiger partial charge in [-0.2, -0.15) is 0 Å². The molecule has 4 heteroatoms. The number of carboxylic acid groups (broad SMARTS) is 1. The van der Waals surface area contributed by atoms with Crippen LogP contribution in [0.25, 0.3) is 0 Å². The Kier molecular flexibility index (Phi) is 8.99. The molecule has 0 amide bonds. The van der Waals surface area contributed by atoms with Gasteiger partial charge in [-0.1, -0.05) is 65.0 Å². The number of rotatable bonds is 10. The number of allylic oxidation sites excluding steroid dienone is 1. The standard InChI is InChI=1S/C20H36O4/c1-6-9-10-15(4)11-16(5)13-20(8-3)14-17(7-2)18(23-24-20)12-19(21)22/h13,15,17-18H,6-12,14H2,1-5H3,(H,21,22)/b16-13+/t15-,17+,18+,20+/m0/s1. The average Bonchev–Trinajstić information content (AvgIpc) is 2.53. The lowest BCUT2D eigenvalue weighted by Crippen LogP contribution is -2.44. The molecule has 0 aliphatic carbocycles. The molecule has 0 aromatic carbocycles. The molecule has 0 saturated carbocycles. The number of hydrogen-bond donors (Lipinski definition) is 1. The van der Waals surface area contributed by atoms with Gasteiger partial charge in [0, 0.05) is 0 Å². The summed E-state index contributed by atoms with van der Waals surface area (Å²) in [6, 6.07) is 0. The third-order valence-electron chi connectivity index (χ3n) is 5.20. The molecule has 140 valence electrons. The molecule has 0 bridgehead atoms. The van der Waals surface area contributed by atoms with Crippen molar-refractivity contribution < 1.29 is 19.7 Å². The first-order valence-corrected chi connectivity index (χ1v) is 9.60. The summed E-state index contributed by atoms with van der Waals surface area (Å²) in [7, 11) is 0. The van der Waals surface area contributed by atoms with Crippen LogP contribution in [0.15, 0.2) is 11.6 Å². The first-order valence-electron chi connectivity index (χ1n) is 9.60. The van der Waals surface area contributed by atoms with E-state index in [0.29, 0.717) is 5.92 Å². The van der Waals surface area contributed by atoms with Gasteiger partial charge in [0.2, 0.25) is 0 Å². The molecule has 1 aliphatic rings. The van der Waals surface area contributed by atoms with Crippen molar-refractivity contribution >= 4 is 5.97 Å². The summed E-state index contributed by atoms with van der Waals surface area (Å²) >= 11 is 0. The first-order chi connectivity index (χ1) is 11.4. The van der Waals surface area contributed by atoms with Crippen LogP contribution in [0.5, 0.6) is 0 Å². The van der Waals surface area contributed by atoms with E-state index in [1.54, 1.807) is 0 Å². The van der Waals surface area contributed by atoms with Gasteiger partial charge in [-0.3, -0.25) is 4.79 Å². The lowest BCUT2D eigenvalue weighted by Gasteiger charge is -2.41. The monoisotopic (exact) mass is 340 g/mol. The summed E-state index contributed by atoms with van der Waals surface area (Å²) < 4.78 is 0. The molecule has 1 rings (SSSR count). The summed E-state index contributed by atoms with van der Waals surface area (Å²) in [6.07, 6.45) is 9.34. The first kappa shape index (κ1) is 21.2. The smallest absolute Gasteiger partial charge is 0.306 e. The highest BCUT2D eigenvalue weighted by atomic mass is 17.2. The number of aliphatic carboxylic acids is 1. The van der Waals surface area contributed by atoms with E-state index in [2.05, 4.69) is 40.7 Å². The maximum atomic E-state index is 11.0. The third-order valence-corrected chi connectivity index (χ3v) is 5.20. The molecule has 0 spiro atoms. The number of unbranched alkanes of at least 4 members (excludes halogenated alkanes) is 1. The van der Waals surface area contributed by atoms with Crippen molar-refractivity contribution in [3.8, 4) is 0 Å². The topological polar surface area (TPSA) is 55.8 Å².